The summed E-state index contributed by atoms with van der Waals surface area (Å²) in [6.07, 6.45) is 1.14. The molecule has 1 heterocycles. The number of nitrogens with one attached hydrogen (secondary N) is 1. The molecule has 0 bridgehead atoms. The third-order valence-electron chi connectivity index (χ3n) is 3.94. The average Bonchev–Trinajstić information content (AvgIpc) is 2.55. The minimum absolute atomic E-state index is 0.0407. The van der Waals surface area contributed by atoms with Crippen molar-refractivity contribution in [3.05, 3.63) is 45.7 Å². The molecule has 0 aliphatic heterocycles. The summed E-state index contributed by atoms with van der Waals surface area (Å²) in [4.78, 5) is 12.6. The molecule has 2 N–H and O–H groups in total. The first-order valence-electron chi connectivity index (χ1n) is 8.51. The molecule has 8 heteroatoms. The Morgan fingerprint density at radius 1 is 1.15 bits per heavy atom. The predicted octanol–water partition coefficient (Wildman–Crippen LogP) is 4.48. The molecule has 0 saturated carbocycles. The normalized spacial score (nSPS) is 13.7. The predicted molar refractivity (Wildman–Crippen MR) is 102 cm³/mol. The molecule has 0 radical (unpaired) electrons. The highest BCUT2D eigenvalue weighted by molar-refractivity contribution is 6.30. The van der Waals surface area contributed by atoms with E-state index in [2.05, 4.69) is 34.1 Å². The molecule has 2 atom stereocenters. The highest BCUT2D eigenvalue weighted by atomic mass is 35.5. The zero-order valence-corrected chi connectivity index (χ0v) is 16.5. The van der Waals surface area contributed by atoms with Gasteiger partial charge in [0.2, 0.25) is 11.2 Å². The van der Waals surface area contributed by atoms with Crippen molar-refractivity contribution in [2.45, 2.75) is 45.6 Å². The lowest BCUT2D eigenvalue weighted by atomic mass is 9.97. The van der Waals surface area contributed by atoms with Gasteiger partial charge >= 0.3 is 0 Å². The van der Waals surface area contributed by atoms with E-state index in [9.17, 15) is 9.50 Å². The molecule has 0 spiro atoms. The quantitative estimate of drug-likeness (QED) is 0.683. The molecule has 26 heavy (non-hydrogen) atoms. The summed E-state index contributed by atoms with van der Waals surface area (Å²) >= 11 is 12.0. The minimum Gasteiger partial charge on any atom is -0.394 e. The number of aromatic nitrogens is 3. The van der Waals surface area contributed by atoms with E-state index in [1.165, 1.54) is 12.1 Å². The van der Waals surface area contributed by atoms with Crippen molar-refractivity contribution in [1.82, 2.24) is 15.0 Å². The third kappa shape index (κ3) is 6.04. The van der Waals surface area contributed by atoms with Crippen molar-refractivity contribution in [3.63, 3.8) is 0 Å². The second kappa shape index (κ2) is 9.44. The van der Waals surface area contributed by atoms with Crippen LogP contribution < -0.4 is 5.32 Å². The number of nitrogens with zero attached hydrogens (tertiary/aromatic N) is 3. The van der Waals surface area contributed by atoms with Crippen LogP contribution in [0.15, 0.2) is 18.2 Å². The summed E-state index contributed by atoms with van der Waals surface area (Å²) in [5.41, 5.74) is 0.497. The summed E-state index contributed by atoms with van der Waals surface area (Å²) in [6.45, 7) is 5.96. The fourth-order valence-electron chi connectivity index (χ4n) is 2.75. The summed E-state index contributed by atoms with van der Waals surface area (Å²) in [5, 5.41) is 13.1. The molecule has 0 amide bonds. The average molecular weight is 401 g/mol. The SMILES string of the molecule is CC(C)C[C@H](CO)Nc1nc(Cl)nc(CC(C)c2cc(Cl)ccc2F)n1. The Bertz CT molecular complexity index is 745. The first kappa shape index (κ1) is 20.8. The summed E-state index contributed by atoms with van der Waals surface area (Å²) < 4.78 is 14.0. The molecular formula is C18H23Cl2FN4O. The molecule has 5 nitrogen and oxygen atoms in total. The first-order chi connectivity index (χ1) is 12.3. The van der Waals surface area contributed by atoms with Crippen LogP contribution in [0.25, 0.3) is 0 Å². The molecule has 2 aromatic rings. The smallest absolute Gasteiger partial charge is 0.227 e. The van der Waals surface area contributed by atoms with E-state index in [1.54, 1.807) is 6.07 Å². The molecule has 142 valence electrons. The minimum atomic E-state index is -0.322. The summed E-state index contributed by atoms with van der Waals surface area (Å²) in [6, 6.07) is 4.29. The zero-order chi connectivity index (χ0) is 19.3. The third-order valence-corrected chi connectivity index (χ3v) is 4.35. The van der Waals surface area contributed by atoms with Crippen molar-refractivity contribution < 1.29 is 9.50 Å². The van der Waals surface area contributed by atoms with Gasteiger partial charge in [-0.05, 0) is 53.6 Å². The van der Waals surface area contributed by atoms with Gasteiger partial charge in [0.05, 0.1) is 12.6 Å². The maximum Gasteiger partial charge on any atom is 0.227 e. The summed E-state index contributed by atoms with van der Waals surface area (Å²) in [5.74, 6) is 0.642. The van der Waals surface area contributed by atoms with Gasteiger partial charge in [0, 0.05) is 11.4 Å². The van der Waals surface area contributed by atoms with Crippen LogP contribution in [0, 0.1) is 11.7 Å². The Morgan fingerprint density at radius 3 is 2.54 bits per heavy atom. The Morgan fingerprint density at radius 2 is 1.88 bits per heavy atom. The number of aliphatic hydroxyl groups excluding tert-OH is 1. The molecule has 0 fully saturated rings. The van der Waals surface area contributed by atoms with Gasteiger partial charge in [0.1, 0.15) is 11.6 Å². The van der Waals surface area contributed by atoms with Crippen LogP contribution in [-0.4, -0.2) is 32.7 Å². The maximum absolute atomic E-state index is 14.0. The Hall–Kier alpha value is -1.50. The van der Waals surface area contributed by atoms with Crippen molar-refractivity contribution in [3.8, 4) is 0 Å². The van der Waals surface area contributed by atoms with Crippen LogP contribution in [0.2, 0.25) is 10.3 Å². The van der Waals surface area contributed by atoms with Crippen molar-refractivity contribution >= 4 is 29.2 Å². The Kier molecular flexibility index (Phi) is 7.55. The Balaban J connectivity index is 2.17. The number of anilines is 1. The highest BCUT2D eigenvalue weighted by Gasteiger charge is 2.17. The molecule has 2 rings (SSSR count). The number of benzene rings is 1. The lowest BCUT2D eigenvalue weighted by Gasteiger charge is -2.19. The lowest BCUT2D eigenvalue weighted by molar-refractivity contribution is 0.259. The number of aliphatic hydroxyl groups is 1. The lowest BCUT2D eigenvalue weighted by Crippen LogP contribution is -2.27. The standard InChI is InChI=1S/C18H23Cl2FN4O/c1-10(2)6-13(9-26)22-18-24-16(23-17(20)25-18)7-11(3)14-8-12(19)4-5-15(14)21/h4-5,8,10-11,13,26H,6-7,9H2,1-3H3,(H,22,23,24,25)/t11?,13-/m1/s1. The van der Waals surface area contributed by atoms with Gasteiger partial charge in [-0.15, -0.1) is 0 Å². The van der Waals surface area contributed by atoms with Crippen LogP contribution in [-0.2, 0) is 6.42 Å². The van der Waals surface area contributed by atoms with E-state index in [0.29, 0.717) is 34.7 Å². The van der Waals surface area contributed by atoms with E-state index in [1.807, 2.05) is 6.92 Å². The molecule has 0 aliphatic carbocycles. The van der Waals surface area contributed by atoms with E-state index < -0.39 is 0 Å². The molecule has 1 unspecified atom stereocenters. The second-order valence-electron chi connectivity index (χ2n) is 6.77. The topological polar surface area (TPSA) is 70.9 Å². The van der Waals surface area contributed by atoms with E-state index in [-0.39, 0.29) is 29.7 Å². The number of halogens is 3. The van der Waals surface area contributed by atoms with Crippen molar-refractivity contribution in [2.75, 3.05) is 11.9 Å². The first-order valence-corrected chi connectivity index (χ1v) is 9.26. The van der Waals surface area contributed by atoms with Crippen molar-refractivity contribution in [2.24, 2.45) is 5.92 Å². The van der Waals surface area contributed by atoms with Gasteiger partial charge in [0.25, 0.3) is 0 Å². The van der Waals surface area contributed by atoms with Crippen LogP contribution in [0.3, 0.4) is 0 Å². The van der Waals surface area contributed by atoms with Gasteiger partial charge in [0.15, 0.2) is 0 Å². The van der Waals surface area contributed by atoms with Crippen LogP contribution in [0.4, 0.5) is 10.3 Å². The maximum atomic E-state index is 14.0. The van der Waals surface area contributed by atoms with Crippen molar-refractivity contribution in [1.29, 1.82) is 0 Å². The molecule has 0 saturated heterocycles. The number of rotatable bonds is 8. The molecule has 1 aromatic heterocycles. The number of hydrogen-bond donors (Lipinski definition) is 2. The second-order valence-corrected chi connectivity index (χ2v) is 7.54. The summed E-state index contributed by atoms with van der Waals surface area (Å²) in [7, 11) is 0. The van der Waals surface area contributed by atoms with Gasteiger partial charge in [-0.2, -0.15) is 9.97 Å². The molecular weight excluding hydrogens is 378 g/mol. The Labute approximate surface area is 163 Å². The van der Waals surface area contributed by atoms with Crippen LogP contribution in [0.5, 0.6) is 0 Å². The van der Waals surface area contributed by atoms with E-state index in [0.717, 1.165) is 6.42 Å². The molecule has 1 aromatic carbocycles. The fourth-order valence-corrected chi connectivity index (χ4v) is 3.11. The largest absolute Gasteiger partial charge is 0.394 e. The molecule has 0 aliphatic rings. The monoisotopic (exact) mass is 400 g/mol. The highest BCUT2D eigenvalue weighted by Crippen LogP contribution is 2.25. The number of hydrogen-bond acceptors (Lipinski definition) is 5. The van der Waals surface area contributed by atoms with Gasteiger partial charge in [-0.3, -0.25) is 0 Å². The zero-order valence-electron chi connectivity index (χ0n) is 15.0. The van der Waals surface area contributed by atoms with Gasteiger partial charge < -0.3 is 10.4 Å². The van der Waals surface area contributed by atoms with Gasteiger partial charge in [-0.1, -0.05) is 32.4 Å². The van der Waals surface area contributed by atoms with Gasteiger partial charge in [-0.25, -0.2) is 9.37 Å². The van der Waals surface area contributed by atoms with E-state index in [4.69, 9.17) is 23.2 Å². The van der Waals surface area contributed by atoms with Crippen LogP contribution >= 0.6 is 23.2 Å². The fraction of sp³-hybridized carbons (Fsp3) is 0.500. The van der Waals surface area contributed by atoms with E-state index >= 15 is 0 Å². The van der Waals surface area contributed by atoms with Crippen LogP contribution in [0.1, 0.15) is 44.5 Å².